The van der Waals surface area contributed by atoms with Gasteiger partial charge in [0.05, 0.1) is 0 Å². The first-order valence-corrected chi connectivity index (χ1v) is 5.10. The zero-order valence-corrected chi connectivity index (χ0v) is 8.27. The molecule has 70 valence electrons. The van der Waals surface area contributed by atoms with Crippen LogP contribution < -0.4 is 5.32 Å². The number of hydrogen-bond donors (Lipinski definition) is 1. The highest BCUT2D eigenvalue weighted by Crippen LogP contribution is 2.42. The summed E-state index contributed by atoms with van der Waals surface area (Å²) in [6, 6.07) is 0.807. The van der Waals surface area contributed by atoms with E-state index in [0.717, 1.165) is 11.5 Å². The summed E-state index contributed by atoms with van der Waals surface area (Å²) in [7, 11) is 4.32. The molecule has 2 fully saturated rings. The maximum Gasteiger partial charge on any atom is 0.00645 e. The van der Waals surface area contributed by atoms with Gasteiger partial charge in [-0.2, -0.15) is 0 Å². The molecule has 1 saturated heterocycles. The molecular weight excluding hydrogens is 148 g/mol. The van der Waals surface area contributed by atoms with E-state index in [9.17, 15) is 0 Å². The Labute approximate surface area is 75.3 Å². The lowest BCUT2D eigenvalue weighted by molar-refractivity contribution is -0.0154. The second kappa shape index (κ2) is 3.00. The van der Waals surface area contributed by atoms with Crippen LogP contribution in [-0.2, 0) is 0 Å². The summed E-state index contributed by atoms with van der Waals surface area (Å²) in [5.74, 6) is 0. The molecule has 0 aromatic rings. The van der Waals surface area contributed by atoms with Crippen LogP contribution in [0.2, 0.25) is 0 Å². The molecule has 12 heavy (non-hydrogen) atoms. The smallest absolute Gasteiger partial charge is 0.00645 e. The van der Waals surface area contributed by atoms with Gasteiger partial charge in [0, 0.05) is 19.1 Å². The van der Waals surface area contributed by atoms with Gasteiger partial charge in [-0.25, -0.2) is 0 Å². The lowest BCUT2D eigenvalue weighted by atomic mass is 9.68. The quantitative estimate of drug-likeness (QED) is 0.630. The van der Waals surface area contributed by atoms with Crippen LogP contribution in [0.15, 0.2) is 0 Å². The Kier molecular flexibility index (Phi) is 2.13. The van der Waals surface area contributed by atoms with E-state index in [0.29, 0.717) is 0 Å². The molecule has 0 radical (unpaired) electrons. The van der Waals surface area contributed by atoms with Gasteiger partial charge in [0.2, 0.25) is 0 Å². The van der Waals surface area contributed by atoms with Crippen LogP contribution in [0.3, 0.4) is 0 Å². The Morgan fingerprint density at radius 3 is 2.25 bits per heavy atom. The molecular formula is C10H20N2. The molecule has 1 aliphatic carbocycles. The summed E-state index contributed by atoms with van der Waals surface area (Å²) >= 11 is 0. The third-order valence-corrected chi connectivity index (χ3v) is 3.67. The molecule has 1 aliphatic heterocycles. The minimum Gasteiger partial charge on any atom is -0.317 e. The number of likely N-dealkylation sites (tertiary alicyclic amines) is 1. The molecule has 1 spiro atoms. The standard InChI is InChI=1S/C10H20N2/c1-11-9-3-5-10(6-4-9)7-12(2)8-10/h9,11H,3-8H2,1-2H3. The SMILES string of the molecule is CNC1CCC2(CC1)CN(C)C2. The van der Waals surface area contributed by atoms with Crippen molar-refractivity contribution in [2.45, 2.75) is 31.7 Å². The van der Waals surface area contributed by atoms with Crippen LogP contribution in [0, 0.1) is 5.41 Å². The molecule has 0 aromatic carbocycles. The fourth-order valence-corrected chi connectivity index (χ4v) is 2.93. The second-order valence-electron chi connectivity index (χ2n) is 4.74. The molecule has 0 bridgehead atoms. The predicted octanol–water partition coefficient (Wildman–Crippen LogP) is 1.08. The van der Waals surface area contributed by atoms with Crippen LogP contribution in [-0.4, -0.2) is 38.1 Å². The molecule has 0 atom stereocenters. The molecule has 1 saturated carbocycles. The summed E-state index contributed by atoms with van der Waals surface area (Å²) in [6.07, 6.45) is 5.68. The van der Waals surface area contributed by atoms with Crippen molar-refractivity contribution >= 4 is 0 Å². The van der Waals surface area contributed by atoms with Crippen molar-refractivity contribution in [1.29, 1.82) is 0 Å². The fraction of sp³-hybridized carbons (Fsp3) is 1.00. The third-order valence-electron chi connectivity index (χ3n) is 3.67. The van der Waals surface area contributed by atoms with Crippen molar-refractivity contribution in [2.75, 3.05) is 27.2 Å². The van der Waals surface area contributed by atoms with Gasteiger partial charge in [-0.1, -0.05) is 0 Å². The number of rotatable bonds is 1. The van der Waals surface area contributed by atoms with E-state index in [1.165, 1.54) is 38.8 Å². The number of nitrogens with zero attached hydrogens (tertiary/aromatic N) is 1. The fourth-order valence-electron chi connectivity index (χ4n) is 2.93. The third kappa shape index (κ3) is 1.38. The number of nitrogens with one attached hydrogen (secondary N) is 1. The van der Waals surface area contributed by atoms with E-state index in [-0.39, 0.29) is 0 Å². The van der Waals surface area contributed by atoms with Gasteiger partial charge in [-0.3, -0.25) is 0 Å². The van der Waals surface area contributed by atoms with Crippen molar-refractivity contribution in [1.82, 2.24) is 10.2 Å². The molecule has 0 aromatic heterocycles. The lowest BCUT2D eigenvalue weighted by Gasteiger charge is -2.52. The maximum atomic E-state index is 3.39. The summed E-state index contributed by atoms with van der Waals surface area (Å²) < 4.78 is 0. The van der Waals surface area contributed by atoms with Gasteiger partial charge in [0.15, 0.2) is 0 Å². The molecule has 1 N–H and O–H groups in total. The number of hydrogen-bond acceptors (Lipinski definition) is 2. The van der Waals surface area contributed by atoms with Crippen molar-refractivity contribution < 1.29 is 0 Å². The summed E-state index contributed by atoms with van der Waals surface area (Å²) in [5.41, 5.74) is 0.738. The van der Waals surface area contributed by atoms with Gasteiger partial charge in [-0.15, -0.1) is 0 Å². The largest absolute Gasteiger partial charge is 0.317 e. The van der Waals surface area contributed by atoms with Crippen molar-refractivity contribution in [2.24, 2.45) is 5.41 Å². The minimum absolute atomic E-state index is 0.738. The summed E-state index contributed by atoms with van der Waals surface area (Å²) in [4.78, 5) is 2.44. The normalized spacial score (nSPS) is 30.5. The lowest BCUT2D eigenvalue weighted by Crippen LogP contribution is -2.56. The van der Waals surface area contributed by atoms with Gasteiger partial charge in [0.25, 0.3) is 0 Å². The molecule has 2 heteroatoms. The Bertz CT molecular complexity index is 151. The van der Waals surface area contributed by atoms with Crippen LogP contribution in [0.5, 0.6) is 0 Å². The average Bonchev–Trinajstić information content (AvgIpc) is 2.04. The highest BCUT2D eigenvalue weighted by molar-refractivity contribution is 4.97. The second-order valence-corrected chi connectivity index (χ2v) is 4.74. The molecule has 2 aliphatic rings. The van der Waals surface area contributed by atoms with Crippen molar-refractivity contribution in [3.05, 3.63) is 0 Å². The van der Waals surface area contributed by atoms with Crippen LogP contribution in [0.1, 0.15) is 25.7 Å². The monoisotopic (exact) mass is 168 g/mol. The van der Waals surface area contributed by atoms with E-state index >= 15 is 0 Å². The predicted molar refractivity (Wildman–Crippen MR) is 51.2 cm³/mol. The molecule has 2 nitrogen and oxygen atoms in total. The maximum absolute atomic E-state index is 3.39. The van der Waals surface area contributed by atoms with E-state index in [4.69, 9.17) is 0 Å². The molecule has 0 unspecified atom stereocenters. The molecule has 0 amide bonds. The Hall–Kier alpha value is -0.0800. The summed E-state index contributed by atoms with van der Waals surface area (Å²) in [5, 5.41) is 3.39. The highest BCUT2D eigenvalue weighted by atomic mass is 15.2. The van der Waals surface area contributed by atoms with Gasteiger partial charge in [0.1, 0.15) is 0 Å². The van der Waals surface area contributed by atoms with Crippen molar-refractivity contribution in [3.8, 4) is 0 Å². The van der Waals surface area contributed by atoms with Gasteiger partial charge in [-0.05, 0) is 45.2 Å². The molecule has 2 rings (SSSR count). The minimum atomic E-state index is 0.738. The Morgan fingerprint density at radius 1 is 1.25 bits per heavy atom. The van der Waals surface area contributed by atoms with E-state index < -0.39 is 0 Å². The van der Waals surface area contributed by atoms with Crippen LogP contribution >= 0.6 is 0 Å². The van der Waals surface area contributed by atoms with E-state index in [2.05, 4.69) is 24.3 Å². The Balaban J connectivity index is 1.83. The van der Waals surface area contributed by atoms with Gasteiger partial charge < -0.3 is 10.2 Å². The van der Waals surface area contributed by atoms with Gasteiger partial charge >= 0.3 is 0 Å². The topological polar surface area (TPSA) is 15.3 Å². The summed E-state index contributed by atoms with van der Waals surface area (Å²) in [6.45, 7) is 2.70. The first kappa shape index (κ1) is 8.52. The van der Waals surface area contributed by atoms with E-state index in [1.54, 1.807) is 0 Å². The average molecular weight is 168 g/mol. The Morgan fingerprint density at radius 2 is 1.83 bits per heavy atom. The van der Waals surface area contributed by atoms with E-state index in [1.807, 2.05) is 0 Å². The van der Waals surface area contributed by atoms with Crippen LogP contribution in [0.4, 0.5) is 0 Å². The van der Waals surface area contributed by atoms with Crippen LogP contribution in [0.25, 0.3) is 0 Å². The van der Waals surface area contributed by atoms with Crippen molar-refractivity contribution in [3.63, 3.8) is 0 Å². The zero-order chi connectivity index (χ0) is 8.60. The first-order valence-electron chi connectivity index (χ1n) is 5.10. The molecule has 1 heterocycles. The zero-order valence-electron chi connectivity index (χ0n) is 8.27. The first-order chi connectivity index (χ1) is 5.74. The highest BCUT2D eigenvalue weighted by Gasteiger charge is 2.42.